The van der Waals surface area contributed by atoms with E-state index in [1.807, 2.05) is 42.6 Å². The predicted octanol–water partition coefficient (Wildman–Crippen LogP) is 3.53. The van der Waals surface area contributed by atoms with Gasteiger partial charge in [-0.05, 0) is 36.8 Å². The maximum Gasteiger partial charge on any atom is 0.224 e. The minimum Gasteiger partial charge on any atom is -0.340 e. The highest BCUT2D eigenvalue weighted by atomic mass is 16.1. The lowest BCUT2D eigenvalue weighted by Gasteiger charge is -2.09. The largest absolute Gasteiger partial charge is 0.340 e. The molecule has 0 atom stereocenters. The van der Waals surface area contributed by atoms with Crippen LogP contribution in [0.1, 0.15) is 26.2 Å². The lowest BCUT2D eigenvalue weighted by molar-refractivity contribution is -0.116. The van der Waals surface area contributed by atoms with Crippen molar-refractivity contribution in [2.45, 2.75) is 26.2 Å². The Labute approximate surface area is 146 Å². The average molecular weight is 336 g/mol. The highest BCUT2D eigenvalue weighted by Crippen LogP contribution is 2.18. The maximum absolute atomic E-state index is 11.7. The number of carbonyl (C=O) groups excluding carboxylic acids is 1. The molecule has 0 saturated carbocycles. The molecule has 0 aliphatic carbocycles. The van der Waals surface area contributed by atoms with Crippen LogP contribution in [0.5, 0.6) is 0 Å². The third-order valence-corrected chi connectivity index (χ3v) is 3.59. The van der Waals surface area contributed by atoms with Gasteiger partial charge in [0.25, 0.3) is 0 Å². The molecule has 2 heterocycles. The monoisotopic (exact) mass is 336 g/mol. The minimum atomic E-state index is 0.0437. The number of anilines is 3. The molecule has 0 aliphatic heterocycles. The van der Waals surface area contributed by atoms with Crippen molar-refractivity contribution in [3.63, 3.8) is 0 Å². The van der Waals surface area contributed by atoms with Gasteiger partial charge in [-0.3, -0.25) is 4.79 Å². The number of nitrogens with one attached hydrogen (secondary N) is 2. The van der Waals surface area contributed by atoms with E-state index in [1.54, 1.807) is 10.9 Å². The van der Waals surface area contributed by atoms with Crippen molar-refractivity contribution in [2.75, 3.05) is 10.6 Å². The van der Waals surface area contributed by atoms with Gasteiger partial charge in [-0.15, -0.1) is 0 Å². The van der Waals surface area contributed by atoms with Gasteiger partial charge in [0.05, 0.1) is 0 Å². The Morgan fingerprint density at radius 1 is 1.16 bits per heavy atom. The summed E-state index contributed by atoms with van der Waals surface area (Å²) in [5, 5.41) is 10.3. The molecule has 2 N–H and O–H groups in total. The number of benzene rings is 1. The van der Waals surface area contributed by atoms with Gasteiger partial charge in [-0.1, -0.05) is 13.3 Å². The predicted molar refractivity (Wildman–Crippen MR) is 97.0 cm³/mol. The molecule has 7 heteroatoms. The van der Waals surface area contributed by atoms with Gasteiger partial charge < -0.3 is 10.6 Å². The molecule has 0 unspecified atom stereocenters. The Hall–Kier alpha value is -3.22. The second kappa shape index (κ2) is 8.05. The zero-order valence-electron chi connectivity index (χ0n) is 14.0. The fourth-order valence-corrected chi connectivity index (χ4v) is 2.29. The van der Waals surface area contributed by atoms with Gasteiger partial charge in [-0.25, -0.2) is 14.6 Å². The number of hydrogen-bond acceptors (Lipinski definition) is 5. The van der Waals surface area contributed by atoms with E-state index >= 15 is 0 Å². The minimum absolute atomic E-state index is 0.0437. The molecule has 25 heavy (non-hydrogen) atoms. The molecule has 0 radical (unpaired) electrons. The number of aromatic nitrogens is 4. The SMILES string of the molecule is CCCCC(=O)Nc1ccc(Nc2cc(-n3cccn3)ncn2)cc1. The molecule has 0 aliphatic rings. The van der Waals surface area contributed by atoms with E-state index in [9.17, 15) is 4.79 Å². The maximum atomic E-state index is 11.7. The molecule has 0 fully saturated rings. The smallest absolute Gasteiger partial charge is 0.224 e. The Bertz CT molecular complexity index is 814. The van der Waals surface area contributed by atoms with Crippen LogP contribution in [0.25, 0.3) is 5.82 Å². The lowest BCUT2D eigenvalue weighted by Crippen LogP contribution is -2.10. The number of carbonyl (C=O) groups is 1. The fraction of sp³-hybridized carbons (Fsp3) is 0.222. The van der Waals surface area contributed by atoms with E-state index in [-0.39, 0.29) is 5.91 Å². The summed E-state index contributed by atoms with van der Waals surface area (Å²) < 4.78 is 1.67. The number of amides is 1. The summed E-state index contributed by atoms with van der Waals surface area (Å²) in [6.45, 7) is 2.07. The molecule has 3 rings (SSSR count). The third kappa shape index (κ3) is 4.63. The Kier molecular flexibility index (Phi) is 5.36. The van der Waals surface area contributed by atoms with Crippen LogP contribution in [0.2, 0.25) is 0 Å². The van der Waals surface area contributed by atoms with E-state index in [2.05, 4.69) is 32.6 Å². The molecule has 7 nitrogen and oxygen atoms in total. The summed E-state index contributed by atoms with van der Waals surface area (Å²) >= 11 is 0. The van der Waals surface area contributed by atoms with Crippen molar-refractivity contribution in [1.82, 2.24) is 19.7 Å². The molecule has 1 amide bonds. The van der Waals surface area contributed by atoms with Crippen LogP contribution < -0.4 is 10.6 Å². The van der Waals surface area contributed by atoms with Crippen molar-refractivity contribution in [2.24, 2.45) is 0 Å². The van der Waals surface area contributed by atoms with E-state index < -0.39 is 0 Å². The first-order valence-corrected chi connectivity index (χ1v) is 8.23. The number of hydrogen-bond donors (Lipinski definition) is 2. The first-order chi connectivity index (χ1) is 12.2. The van der Waals surface area contributed by atoms with Crippen LogP contribution in [0.4, 0.5) is 17.2 Å². The number of unbranched alkanes of at least 4 members (excludes halogenated alkanes) is 1. The van der Waals surface area contributed by atoms with Crippen LogP contribution in [0, 0.1) is 0 Å². The zero-order chi connectivity index (χ0) is 17.5. The van der Waals surface area contributed by atoms with Crippen LogP contribution in [-0.4, -0.2) is 25.7 Å². The Morgan fingerprint density at radius 2 is 1.96 bits per heavy atom. The summed E-state index contributed by atoms with van der Waals surface area (Å²) in [6.07, 6.45) is 7.47. The van der Waals surface area contributed by atoms with Gasteiger partial charge >= 0.3 is 0 Å². The van der Waals surface area contributed by atoms with Gasteiger partial charge in [0.1, 0.15) is 12.1 Å². The summed E-state index contributed by atoms with van der Waals surface area (Å²) in [4.78, 5) is 20.2. The summed E-state index contributed by atoms with van der Waals surface area (Å²) in [5.74, 6) is 1.39. The van der Waals surface area contributed by atoms with Gasteiger partial charge in [0.2, 0.25) is 5.91 Å². The van der Waals surface area contributed by atoms with Crippen molar-refractivity contribution < 1.29 is 4.79 Å². The molecular weight excluding hydrogens is 316 g/mol. The first-order valence-electron chi connectivity index (χ1n) is 8.23. The van der Waals surface area contributed by atoms with Crippen LogP contribution >= 0.6 is 0 Å². The van der Waals surface area contributed by atoms with Gasteiger partial charge in [-0.2, -0.15) is 5.10 Å². The quantitative estimate of drug-likeness (QED) is 0.689. The van der Waals surface area contributed by atoms with Crippen molar-refractivity contribution in [3.8, 4) is 5.82 Å². The highest BCUT2D eigenvalue weighted by Gasteiger charge is 2.04. The van der Waals surface area contributed by atoms with Crippen molar-refractivity contribution >= 4 is 23.1 Å². The summed E-state index contributed by atoms with van der Waals surface area (Å²) in [6, 6.07) is 11.2. The molecular formula is C18H20N6O. The van der Waals surface area contributed by atoms with Crippen LogP contribution in [-0.2, 0) is 4.79 Å². The van der Waals surface area contributed by atoms with Gasteiger partial charge in [0, 0.05) is 36.3 Å². The Balaban J connectivity index is 1.64. The molecule has 0 spiro atoms. The van der Waals surface area contributed by atoms with E-state index in [0.717, 1.165) is 24.2 Å². The Morgan fingerprint density at radius 3 is 2.68 bits per heavy atom. The van der Waals surface area contributed by atoms with Gasteiger partial charge in [0.15, 0.2) is 5.82 Å². The molecule has 128 valence electrons. The summed E-state index contributed by atoms with van der Waals surface area (Å²) in [7, 11) is 0. The zero-order valence-corrected chi connectivity index (χ0v) is 14.0. The topological polar surface area (TPSA) is 84.7 Å². The third-order valence-electron chi connectivity index (χ3n) is 3.59. The second-order valence-electron chi connectivity index (χ2n) is 5.57. The van der Waals surface area contributed by atoms with Crippen molar-refractivity contribution in [1.29, 1.82) is 0 Å². The first kappa shape index (κ1) is 16.6. The molecule has 1 aromatic carbocycles. The van der Waals surface area contributed by atoms with E-state index in [1.165, 1.54) is 6.33 Å². The van der Waals surface area contributed by atoms with Crippen LogP contribution in [0.15, 0.2) is 55.1 Å². The number of rotatable bonds is 7. The highest BCUT2D eigenvalue weighted by molar-refractivity contribution is 5.90. The molecule has 2 aromatic heterocycles. The van der Waals surface area contributed by atoms with Crippen LogP contribution in [0.3, 0.4) is 0 Å². The standard InChI is InChI=1S/C18H20N6O/c1-2-3-5-18(25)23-15-8-6-14(7-9-15)22-16-12-17(20-13-19-16)24-11-4-10-21-24/h4,6-13H,2-3,5H2,1H3,(H,23,25)(H,19,20,22). The normalized spacial score (nSPS) is 10.4. The van der Waals surface area contributed by atoms with Crippen molar-refractivity contribution in [3.05, 3.63) is 55.1 Å². The molecule has 3 aromatic rings. The molecule has 0 saturated heterocycles. The number of nitrogens with zero attached hydrogens (tertiary/aromatic N) is 4. The van der Waals surface area contributed by atoms with E-state index in [0.29, 0.717) is 18.1 Å². The average Bonchev–Trinajstić information content (AvgIpc) is 3.17. The fourth-order valence-electron chi connectivity index (χ4n) is 2.29. The lowest BCUT2D eigenvalue weighted by atomic mass is 10.2. The second-order valence-corrected chi connectivity index (χ2v) is 5.57. The molecule has 0 bridgehead atoms. The van der Waals surface area contributed by atoms with E-state index in [4.69, 9.17) is 0 Å². The summed E-state index contributed by atoms with van der Waals surface area (Å²) in [5.41, 5.74) is 1.66.